The molecule has 0 amide bonds. The van der Waals surface area contributed by atoms with Gasteiger partial charge in [-0.2, -0.15) is 0 Å². The van der Waals surface area contributed by atoms with Crippen LogP contribution in [0, 0.1) is 5.92 Å². The van der Waals surface area contributed by atoms with Gasteiger partial charge in [-0.1, -0.05) is 24.3 Å². The molecule has 2 unspecified atom stereocenters. The fraction of sp³-hybridized carbons (Fsp3) is 0.467. The molecule has 0 heterocycles. The fourth-order valence-corrected chi connectivity index (χ4v) is 2.38. The lowest BCUT2D eigenvalue weighted by Crippen LogP contribution is -2.10. The summed E-state index contributed by atoms with van der Waals surface area (Å²) in [5.74, 6) is -2.54. The lowest BCUT2D eigenvalue weighted by Gasteiger charge is -2.10. The van der Waals surface area contributed by atoms with Gasteiger partial charge in [-0.05, 0) is 37.2 Å². The minimum Gasteiger partial charge on any atom is -0.481 e. The fourth-order valence-electron chi connectivity index (χ4n) is 2.38. The highest BCUT2D eigenvalue weighted by Gasteiger charge is 2.24. The quantitative estimate of drug-likeness (QED) is 0.892. The molecule has 1 aromatic carbocycles. The minimum absolute atomic E-state index is 0.0498. The maximum atomic E-state index is 11.6. The zero-order valence-corrected chi connectivity index (χ0v) is 10.1. The Morgan fingerprint density at radius 1 is 1.50 bits per heavy atom. The second kappa shape index (κ2) is 5.34. The second-order valence-corrected chi connectivity index (χ2v) is 4.77. The Bertz CT molecular complexity index is 534. The standard InChI is InChI=1S/C15H18O3/c1-10(15(17)18)12-7-5-11(6-8-12)9-13-3-2-4-14(13)16/h5-8,10,13H,2-4,9H2,1H3,(H,17,18)/i1D3. The molecule has 0 aromatic heterocycles. The monoisotopic (exact) mass is 249 g/mol. The lowest BCUT2D eigenvalue weighted by molar-refractivity contribution is -0.138. The zero-order valence-electron chi connectivity index (χ0n) is 13.1. The number of hydrogen-bond donors (Lipinski definition) is 1. The van der Waals surface area contributed by atoms with Crippen molar-refractivity contribution in [2.45, 2.75) is 38.5 Å². The van der Waals surface area contributed by atoms with Crippen molar-refractivity contribution in [3.63, 3.8) is 0 Å². The number of aliphatic carboxylic acids is 1. The second-order valence-electron chi connectivity index (χ2n) is 4.77. The van der Waals surface area contributed by atoms with Crippen molar-refractivity contribution in [1.29, 1.82) is 0 Å². The Hall–Kier alpha value is -1.64. The average molecular weight is 249 g/mol. The first-order chi connectivity index (χ1) is 9.79. The average Bonchev–Trinajstić information content (AvgIpc) is 2.75. The summed E-state index contributed by atoms with van der Waals surface area (Å²) in [6.07, 6.45) is 3.11. The molecular weight excluding hydrogens is 228 g/mol. The molecule has 0 aliphatic heterocycles. The van der Waals surface area contributed by atoms with Crippen molar-refractivity contribution < 1.29 is 18.8 Å². The van der Waals surface area contributed by atoms with Gasteiger partial charge in [-0.15, -0.1) is 0 Å². The molecule has 0 bridgehead atoms. The SMILES string of the molecule is [2H]C([2H])([2H])C(C(=O)O)c1ccc(CC2CCCC2=O)cc1. The summed E-state index contributed by atoms with van der Waals surface area (Å²) in [6, 6.07) is 6.53. The molecule has 1 aliphatic rings. The van der Waals surface area contributed by atoms with Gasteiger partial charge in [-0.25, -0.2) is 0 Å². The first-order valence-corrected chi connectivity index (χ1v) is 6.13. The molecule has 0 radical (unpaired) electrons. The molecule has 1 saturated carbocycles. The van der Waals surface area contributed by atoms with E-state index in [1.54, 1.807) is 24.3 Å². The summed E-state index contributed by atoms with van der Waals surface area (Å²) in [6.45, 7) is -2.57. The first-order valence-electron chi connectivity index (χ1n) is 7.63. The Labute approximate surface area is 111 Å². The van der Waals surface area contributed by atoms with Crippen molar-refractivity contribution in [2.24, 2.45) is 5.92 Å². The van der Waals surface area contributed by atoms with Crippen LogP contribution in [0.4, 0.5) is 0 Å². The molecule has 1 aliphatic carbocycles. The van der Waals surface area contributed by atoms with Crippen molar-refractivity contribution in [2.75, 3.05) is 0 Å². The van der Waals surface area contributed by atoms with Crippen LogP contribution in [0.1, 0.15) is 47.3 Å². The third-order valence-electron chi connectivity index (χ3n) is 3.47. The number of hydrogen-bond acceptors (Lipinski definition) is 2. The molecule has 0 spiro atoms. The number of carboxylic acids is 1. The first kappa shape index (κ1) is 9.31. The number of carbonyl (C=O) groups is 2. The topological polar surface area (TPSA) is 54.4 Å². The van der Waals surface area contributed by atoms with Crippen LogP contribution in [0.3, 0.4) is 0 Å². The van der Waals surface area contributed by atoms with E-state index in [1.165, 1.54) is 0 Å². The van der Waals surface area contributed by atoms with E-state index in [0.29, 0.717) is 12.8 Å². The maximum Gasteiger partial charge on any atom is 0.310 e. The van der Waals surface area contributed by atoms with Crippen LogP contribution in [-0.4, -0.2) is 16.9 Å². The summed E-state index contributed by atoms with van der Waals surface area (Å²) in [5.41, 5.74) is 1.21. The number of benzene rings is 1. The van der Waals surface area contributed by atoms with Gasteiger partial charge in [0.2, 0.25) is 0 Å². The number of rotatable bonds is 4. The summed E-state index contributed by atoms with van der Waals surface area (Å²) < 4.78 is 22.0. The van der Waals surface area contributed by atoms with Crippen LogP contribution in [0.25, 0.3) is 0 Å². The lowest BCUT2D eigenvalue weighted by atomic mass is 9.94. The van der Waals surface area contributed by atoms with E-state index >= 15 is 0 Å². The van der Waals surface area contributed by atoms with Crippen LogP contribution in [-0.2, 0) is 16.0 Å². The predicted molar refractivity (Wildman–Crippen MR) is 68.5 cm³/mol. The molecule has 96 valence electrons. The number of carboxylic acid groups (broad SMARTS) is 1. The Kier molecular flexibility index (Phi) is 2.76. The third-order valence-corrected chi connectivity index (χ3v) is 3.47. The Morgan fingerprint density at radius 2 is 2.22 bits per heavy atom. The molecule has 0 saturated heterocycles. The van der Waals surface area contributed by atoms with E-state index in [2.05, 4.69) is 0 Å². The van der Waals surface area contributed by atoms with Crippen molar-refractivity contribution in [3.05, 3.63) is 35.4 Å². The number of Topliss-reactive ketones (excluding diaryl/α,β-unsaturated/α-hetero) is 1. The largest absolute Gasteiger partial charge is 0.481 e. The normalized spacial score (nSPS) is 24.1. The van der Waals surface area contributed by atoms with Gasteiger partial charge in [0.1, 0.15) is 5.78 Å². The molecule has 3 heteroatoms. The molecule has 18 heavy (non-hydrogen) atoms. The van der Waals surface area contributed by atoms with Gasteiger partial charge >= 0.3 is 5.97 Å². The van der Waals surface area contributed by atoms with Gasteiger partial charge in [0.05, 0.1) is 5.92 Å². The van der Waals surface area contributed by atoms with Crippen LogP contribution >= 0.6 is 0 Å². The van der Waals surface area contributed by atoms with Crippen molar-refractivity contribution >= 4 is 11.8 Å². The van der Waals surface area contributed by atoms with Crippen LogP contribution < -0.4 is 0 Å². The minimum atomic E-state index is -2.57. The Morgan fingerprint density at radius 3 is 2.72 bits per heavy atom. The summed E-state index contributed by atoms with van der Waals surface area (Å²) in [4.78, 5) is 22.8. The smallest absolute Gasteiger partial charge is 0.310 e. The van der Waals surface area contributed by atoms with Crippen LogP contribution in [0.5, 0.6) is 0 Å². The number of carbonyl (C=O) groups excluding carboxylic acids is 1. The van der Waals surface area contributed by atoms with Gasteiger partial charge < -0.3 is 5.11 Å². The molecule has 1 fully saturated rings. The van der Waals surface area contributed by atoms with E-state index in [0.717, 1.165) is 18.4 Å². The highest BCUT2D eigenvalue weighted by Crippen LogP contribution is 2.25. The number of ketones is 1. The third kappa shape index (κ3) is 2.78. The summed E-state index contributed by atoms with van der Waals surface area (Å²) in [7, 11) is 0. The van der Waals surface area contributed by atoms with Gasteiger partial charge in [0.15, 0.2) is 0 Å². The van der Waals surface area contributed by atoms with Crippen LogP contribution in [0.2, 0.25) is 0 Å². The highest BCUT2D eigenvalue weighted by molar-refractivity contribution is 5.83. The van der Waals surface area contributed by atoms with E-state index in [4.69, 9.17) is 9.22 Å². The van der Waals surface area contributed by atoms with Crippen LogP contribution in [0.15, 0.2) is 24.3 Å². The van der Waals surface area contributed by atoms with E-state index < -0.39 is 18.7 Å². The molecular formula is C15H18O3. The van der Waals surface area contributed by atoms with Gasteiger partial charge in [0, 0.05) is 16.5 Å². The zero-order chi connectivity index (χ0) is 15.6. The maximum absolute atomic E-state index is 11.6. The van der Waals surface area contributed by atoms with Gasteiger partial charge in [-0.3, -0.25) is 9.59 Å². The van der Waals surface area contributed by atoms with Crippen molar-refractivity contribution in [3.8, 4) is 0 Å². The van der Waals surface area contributed by atoms with E-state index in [-0.39, 0.29) is 17.3 Å². The summed E-state index contributed by atoms with van der Waals surface area (Å²) in [5, 5.41) is 9.09. The van der Waals surface area contributed by atoms with Gasteiger partial charge in [0.25, 0.3) is 0 Å². The molecule has 3 nitrogen and oxygen atoms in total. The molecule has 1 aromatic rings. The highest BCUT2D eigenvalue weighted by atomic mass is 16.4. The molecule has 2 rings (SSSR count). The Balaban J connectivity index is 2.14. The molecule has 1 N–H and O–H groups in total. The van der Waals surface area contributed by atoms with E-state index in [1.807, 2.05) is 0 Å². The predicted octanol–water partition coefficient (Wildman–Crippen LogP) is 2.79. The molecule has 2 atom stereocenters. The van der Waals surface area contributed by atoms with E-state index in [9.17, 15) is 9.59 Å². The van der Waals surface area contributed by atoms with Crippen molar-refractivity contribution in [1.82, 2.24) is 0 Å². The summed E-state index contributed by atoms with van der Waals surface area (Å²) >= 11 is 0.